The predicted octanol–water partition coefficient (Wildman–Crippen LogP) is 2.12. The van der Waals surface area contributed by atoms with Gasteiger partial charge in [0.25, 0.3) is 0 Å². The average molecular weight is 427 g/mol. The largest absolute Gasteiger partial charge is 0.447 e. The molecule has 30 heavy (non-hydrogen) atoms. The van der Waals surface area contributed by atoms with E-state index in [4.69, 9.17) is 9.84 Å². The van der Waals surface area contributed by atoms with Crippen LogP contribution in [0.2, 0.25) is 0 Å². The summed E-state index contributed by atoms with van der Waals surface area (Å²) in [6.07, 6.45) is 1.84. The van der Waals surface area contributed by atoms with Crippen LogP contribution in [0.5, 0.6) is 0 Å². The van der Waals surface area contributed by atoms with Crippen LogP contribution in [0.15, 0.2) is 36.4 Å². The van der Waals surface area contributed by atoms with E-state index in [2.05, 4.69) is 11.4 Å². The van der Waals surface area contributed by atoms with Crippen LogP contribution in [0, 0.1) is 11.3 Å². The van der Waals surface area contributed by atoms with Crippen molar-refractivity contribution in [1.82, 2.24) is 4.90 Å². The molecule has 0 aliphatic carbocycles. The van der Waals surface area contributed by atoms with Crippen molar-refractivity contribution in [1.29, 1.82) is 5.26 Å². The number of hydrogen-bond acceptors (Lipinski definition) is 7. The van der Waals surface area contributed by atoms with Gasteiger partial charge >= 0.3 is 6.09 Å². The Labute approximate surface area is 177 Å². The molecule has 0 fully saturated rings. The van der Waals surface area contributed by atoms with E-state index >= 15 is 0 Å². The van der Waals surface area contributed by atoms with Gasteiger partial charge < -0.3 is 25.2 Å². The first kappa shape index (κ1) is 21.5. The van der Waals surface area contributed by atoms with E-state index < -0.39 is 18.8 Å². The molecular formula is C21H21N3O5S. The summed E-state index contributed by atoms with van der Waals surface area (Å²) in [5, 5.41) is 30.9. The Hall–Kier alpha value is -3.19. The quantitative estimate of drug-likeness (QED) is 0.607. The topological polar surface area (TPSA) is 123 Å². The van der Waals surface area contributed by atoms with Gasteiger partial charge in [-0.05, 0) is 23.6 Å². The lowest BCUT2D eigenvalue weighted by molar-refractivity contribution is -0.111. The number of nitrogens with zero attached hydrogens (tertiary/aromatic N) is 2. The predicted molar refractivity (Wildman–Crippen MR) is 112 cm³/mol. The Morgan fingerprint density at radius 1 is 1.37 bits per heavy atom. The van der Waals surface area contributed by atoms with Crippen molar-refractivity contribution in [2.75, 3.05) is 25.1 Å². The Kier molecular flexibility index (Phi) is 7.19. The lowest BCUT2D eigenvalue weighted by atomic mass is 10.0. The Morgan fingerprint density at radius 3 is 2.83 bits per heavy atom. The van der Waals surface area contributed by atoms with Crippen LogP contribution in [-0.4, -0.2) is 53.0 Å². The summed E-state index contributed by atoms with van der Waals surface area (Å²) in [4.78, 5) is 26.7. The number of nitrogens with one attached hydrogen (secondary N) is 1. The van der Waals surface area contributed by atoms with Crippen LogP contribution in [0.3, 0.4) is 0 Å². The third kappa shape index (κ3) is 5.24. The molecule has 0 bridgehead atoms. The summed E-state index contributed by atoms with van der Waals surface area (Å²) in [7, 11) is 0. The summed E-state index contributed by atoms with van der Waals surface area (Å²) in [5.41, 5.74) is 2.13. The molecule has 8 nitrogen and oxygen atoms in total. The number of thiophene rings is 1. The van der Waals surface area contributed by atoms with Crippen molar-refractivity contribution >= 4 is 34.4 Å². The maximum absolute atomic E-state index is 12.3. The highest BCUT2D eigenvalue weighted by Gasteiger charge is 2.28. The standard InChI is InChI=1S/C21H21N3O5S/c22-10-17-16-8-9-24(21(28)29-13-15(26)12-25)11-18(16)30-20(17)23-19(27)7-6-14-4-2-1-3-5-14/h1-7,15,25-26H,8-9,11-13H2,(H,23,27). The monoisotopic (exact) mass is 427 g/mol. The van der Waals surface area contributed by atoms with Gasteiger partial charge in [-0.1, -0.05) is 30.3 Å². The smallest absolute Gasteiger partial charge is 0.410 e. The summed E-state index contributed by atoms with van der Waals surface area (Å²) in [6.45, 7) is -0.177. The van der Waals surface area contributed by atoms with E-state index in [-0.39, 0.29) is 19.1 Å². The van der Waals surface area contributed by atoms with E-state index in [9.17, 15) is 20.0 Å². The molecular weight excluding hydrogens is 406 g/mol. The summed E-state index contributed by atoms with van der Waals surface area (Å²) < 4.78 is 4.99. The first-order valence-electron chi connectivity index (χ1n) is 9.31. The molecule has 156 valence electrons. The lowest BCUT2D eigenvalue weighted by Crippen LogP contribution is -2.37. The second kappa shape index (κ2) is 10.0. The van der Waals surface area contributed by atoms with Gasteiger partial charge in [0.15, 0.2) is 0 Å². The number of amides is 2. The number of nitriles is 1. The minimum atomic E-state index is -1.12. The van der Waals surface area contributed by atoms with Crippen LogP contribution in [0.25, 0.3) is 6.08 Å². The van der Waals surface area contributed by atoms with E-state index in [1.54, 1.807) is 6.08 Å². The third-order valence-corrected chi connectivity index (χ3v) is 5.63. The summed E-state index contributed by atoms with van der Waals surface area (Å²) >= 11 is 1.26. The van der Waals surface area contributed by atoms with E-state index in [1.807, 2.05) is 30.3 Å². The maximum Gasteiger partial charge on any atom is 0.410 e. The SMILES string of the molecule is N#Cc1c(NC(=O)C=Cc2ccccc2)sc2c1CCN(C(=O)OCC(O)CO)C2. The van der Waals surface area contributed by atoms with Crippen molar-refractivity contribution in [3.8, 4) is 6.07 Å². The molecule has 3 rings (SSSR count). The van der Waals surface area contributed by atoms with Gasteiger partial charge in [-0.2, -0.15) is 5.26 Å². The minimum absolute atomic E-state index is 0.248. The zero-order valence-electron chi connectivity index (χ0n) is 16.1. The molecule has 1 aliphatic heterocycles. The number of benzene rings is 1. The zero-order valence-corrected chi connectivity index (χ0v) is 16.9. The first-order chi connectivity index (χ1) is 14.5. The average Bonchev–Trinajstić information content (AvgIpc) is 3.12. The van der Waals surface area contributed by atoms with Crippen LogP contribution in [-0.2, 0) is 22.5 Å². The van der Waals surface area contributed by atoms with Crippen molar-refractivity contribution in [2.45, 2.75) is 19.1 Å². The van der Waals surface area contributed by atoms with Crippen LogP contribution in [0.1, 0.15) is 21.6 Å². The van der Waals surface area contributed by atoms with E-state index in [1.165, 1.54) is 22.3 Å². The molecule has 9 heteroatoms. The summed E-state index contributed by atoms with van der Waals surface area (Å²) in [6, 6.07) is 11.5. The van der Waals surface area contributed by atoms with Crippen LogP contribution < -0.4 is 5.32 Å². The van der Waals surface area contributed by atoms with Gasteiger partial charge in [0.1, 0.15) is 23.8 Å². The maximum atomic E-state index is 12.3. The fourth-order valence-corrected chi connectivity index (χ4v) is 4.18. The first-order valence-corrected chi connectivity index (χ1v) is 10.1. The van der Waals surface area contributed by atoms with E-state index in [0.29, 0.717) is 23.5 Å². The number of carbonyl (C=O) groups is 2. The highest BCUT2D eigenvalue weighted by molar-refractivity contribution is 7.16. The number of aliphatic hydroxyl groups excluding tert-OH is 2. The number of ether oxygens (including phenoxy) is 1. The van der Waals surface area contributed by atoms with Crippen LogP contribution in [0.4, 0.5) is 9.80 Å². The second-order valence-corrected chi connectivity index (χ2v) is 7.74. The number of rotatable bonds is 6. The normalized spacial score (nSPS) is 14.1. The molecule has 1 aliphatic rings. The molecule has 2 amide bonds. The molecule has 1 aromatic heterocycles. The number of anilines is 1. The fourth-order valence-electron chi connectivity index (χ4n) is 2.97. The molecule has 1 atom stereocenters. The van der Waals surface area contributed by atoms with Gasteiger partial charge in [-0.25, -0.2) is 4.79 Å². The van der Waals surface area contributed by atoms with Crippen molar-refractivity contribution < 1.29 is 24.5 Å². The Balaban J connectivity index is 1.67. The third-order valence-electron chi connectivity index (χ3n) is 4.50. The molecule has 1 aromatic carbocycles. The highest BCUT2D eigenvalue weighted by Crippen LogP contribution is 2.36. The van der Waals surface area contributed by atoms with Gasteiger partial charge in [-0.3, -0.25) is 4.79 Å². The molecule has 0 radical (unpaired) electrons. The molecule has 3 N–H and O–H groups in total. The van der Waals surface area contributed by atoms with Gasteiger partial charge in [-0.15, -0.1) is 11.3 Å². The minimum Gasteiger partial charge on any atom is -0.447 e. The Bertz CT molecular complexity index is 981. The number of aliphatic hydroxyl groups is 2. The molecule has 1 unspecified atom stereocenters. The van der Waals surface area contributed by atoms with Crippen LogP contribution >= 0.6 is 11.3 Å². The van der Waals surface area contributed by atoms with Gasteiger partial charge in [0.2, 0.25) is 5.91 Å². The highest BCUT2D eigenvalue weighted by atomic mass is 32.1. The van der Waals surface area contributed by atoms with Crippen molar-refractivity contribution in [2.24, 2.45) is 0 Å². The number of hydrogen-bond donors (Lipinski definition) is 3. The molecule has 0 saturated carbocycles. The molecule has 0 saturated heterocycles. The summed E-state index contributed by atoms with van der Waals surface area (Å²) in [5.74, 6) is -0.344. The molecule has 2 aromatic rings. The van der Waals surface area contributed by atoms with Gasteiger partial charge in [0.05, 0.1) is 18.7 Å². The Morgan fingerprint density at radius 2 is 2.13 bits per heavy atom. The fraction of sp³-hybridized carbons (Fsp3) is 0.286. The van der Waals surface area contributed by atoms with Crippen molar-refractivity contribution in [3.63, 3.8) is 0 Å². The molecule has 0 spiro atoms. The van der Waals surface area contributed by atoms with Crippen molar-refractivity contribution in [3.05, 3.63) is 58.0 Å². The van der Waals surface area contributed by atoms with E-state index in [0.717, 1.165) is 16.0 Å². The molecule has 2 heterocycles. The van der Waals surface area contributed by atoms with Gasteiger partial charge in [0, 0.05) is 17.5 Å². The number of carbonyl (C=O) groups excluding carboxylic acids is 2. The zero-order chi connectivity index (χ0) is 21.5. The second-order valence-electron chi connectivity index (χ2n) is 6.64. The number of fused-ring (bicyclic) bond motifs is 1. The lowest BCUT2D eigenvalue weighted by Gasteiger charge is -2.26.